The zero-order valence-corrected chi connectivity index (χ0v) is 11.9. The predicted octanol–water partition coefficient (Wildman–Crippen LogP) is 1.75. The molecule has 2 nitrogen and oxygen atoms in total. The Morgan fingerprint density at radius 3 is 2.92 bits per heavy atom. The zero-order valence-electron chi connectivity index (χ0n) is 8.22. The van der Waals surface area contributed by atoms with Gasteiger partial charge in [-0.15, -0.1) is 0 Å². The average molecular weight is 296 g/mol. The summed E-state index contributed by atoms with van der Waals surface area (Å²) in [5.74, 6) is 2.33. The van der Waals surface area contributed by atoms with E-state index in [4.69, 9.17) is 3.07 Å². The first-order valence-corrected chi connectivity index (χ1v) is 8.37. The van der Waals surface area contributed by atoms with Crippen LogP contribution in [0.25, 0.3) is 0 Å². The van der Waals surface area contributed by atoms with Crippen molar-refractivity contribution in [2.24, 2.45) is 0 Å². The average Bonchev–Trinajstić information content (AvgIpc) is 2.06. The molecular weight excluding hydrogens is 277 g/mol. The van der Waals surface area contributed by atoms with Gasteiger partial charge in [-0.2, -0.15) is 0 Å². The number of hydrogen-bond donors (Lipinski definition) is 1. The Kier molecular flexibility index (Phi) is 11.1. The van der Waals surface area contributed by atoms with E-state index in [2.05, 4.69) is 19.2 Å². The van der Waals surface area contributed by atoms with Crippen LogP contribution in [0, 0.1) is 0 Å². The van der Waals surface area contributed by atoms with E-state index in [-0.39, 0.29) is 0 Å². The fraction of sp³-hybridized carbons (Fsp3) is 1.00. The molecule has 0 heterocycles. The molecule has 0 bridgehead atoms. The molecule has 0 saturated carbocycles. The first-order valence-electron chi connectivity index (χ1n) is 4.41. The summed E-state index contributed by atoms with van der Waals surface area (Å²) in [6.07, 6.45) is 1.16. The Morgan fingerprint density at radius 1 is 1.58 bits per heavy atom. The molecule has 72 valence electrons. The Hall–Kier alpha value is 1.07. The van der Waals surface area contributed by atoms with E-state index < -0.39 is 21.6 Å². The molecule has 0 aliphatic rings. The van der Waals surface area contributed by atoms with Crippen molar-refractivity contribution in [2.45, 2.75) is 24.2 Å². The van der Waals surface area contributed by atoms with Gasteiger partial charge >= 0.3 is 91.2 Å². The molecule has 0 aromatic carbocycles. The molecule has 4 heteroatoms. The second-order valence-electron chi connectivity index (χ2n) is 2.74. The van der Waals surface area contributed by atoms with E-state index in [1.54, 1.807) is 0 Å². The van der Waals surface area contributed by atoms with Crippen molar-refractivity contribution >= 4 is 33.3 Å². The molecule has 0 aliphatic heterocycles. The normalized spacial score (nSPS) is 13.2. The third kappa shape index (κ3) is 9.16. The molecule has 0 spiro atoms. The molecule has 2 radical (unpaired) electrons. The van der Waals surface area contributed by atoms with Gasteiger partial charge in [-0.3, -0.25) is 0 Å². The molecule has 0 aliphatic carbocycles. The monoisotopic (exact) mass is 297 g/mol. The summed E-state index contributed by atoms with van der Waals surface area (Å²) in [7, 11) is 1.99. The number of thioether (sulfide) groups is 1. The summed E-state index contributed by atoms with van der Waals surface area (Å²) in [4.78, 5) is 0. The summed E-state index contributed by atoms with van der Waals surface area (Å²) in [5, 5.41) is 3.13. The molecule has 1 unspecified atom stereocenters. The fourth-order valence-corrected chi connectivity index (χ4v) is 4.74. The molecule has 12 heavy (non-hydrogen) atoms. The maximum absolute atomic E-state index is 5.61. The van der Waals surface area contributed by atoms with Crippen LogP contribution in [-0.4, -0.2) is 46.8 Å². The van der Waals surface area contributed by atoms with Crippen LogP contribution in [0.5, 0.6) is 0 Å². The van der Waals surface area contributed by atoms with Gasteiger partial charge in [0.05, 0.1) is 0 Å². The van der Waals surface area contributed by atoms with E-state index in [0.717, 1.165) is 22.8 Å². The van der Waals surface area contributed by atoms with Crippen molar-refractivity contribution < 1.29 is 3.07 Å². The van der Waals surface area contributed by atoms with Crippen LogP contribution in [0.3, 0.4) is 0 Å². The Morgan fingerprint density at radius 2 is 2.33 bits per heavy atom. The summed E-state index contributed by atoms with van der Waals surface area (Å²) < 4.78 is 6.46. The molecule has 0 rings (SSSR count). The van der Waals surface area contributed by atoms with E-state index >= 15 is 0 Å². The van der Waals surface area contributed by atoms with E-state index in [1.807, 2.05) is 18.8 Å². The van der Waals surface area contributed by atoms with Gasteiger partial charge in [0.15, 0.2) is 0 Å². The summed E-state index contributed by atoms with van der Waals surface area (Å²) in [5.41, 5.74) is 0. The van der Waals surface area contributed by atoms with Crippen molar-refractivity contribution in [3.63, 3.8) is 0 Å². The fourth-order valence-electron chi connectivity index (χ4n) is 0.675. The van der Waals surface area contributed by atoms with Crippen LogP contribution >= 0.6 is 11.8 Å². The van der Waals surface area contributed by atoms with Crippen LogP contribution in [0.1, 0.15) is 20.3 Å². The summed E-state index contributed by atoms with van der Waals surface area (Å²) in [6, 6.07) is 0. The predicted molar refractivity (Wildman–Crippen MR) is 57.8 cm³/mol. The Bertz CT molecular complexity index is 85.1. The summed E-state index contributed by atoms with van der Waals surface area (Å²) >= 11 is 1.46. The third-order valence-electron chi connectivity index (χ3n) is 1.20. The molecule has 1 atom stereocenters. The molecule has 0 saturated heterocycles. The van der Waals surface area contributed by atoms with E-state index in [9.17, 15) is 0 Å². The van der Waals surface area contributed by atoms with Gasteiger partial charge in [-0.1, -0.05) is 0 Å². The van der Waals surface area contributed by atoms with Crippen LogP contribution in [0.4, 0.5) is 0 Å². The molecule has 0 aromatic heterocycles. The summed E-state index contributed by atoms with van der Waals surface area (Å²) in [6.45, 7) is 5.46. The molecule has 1 N–H and O–H groups in total. The van der Waals surface area contributed by atoms with Crippen LogP contribution in [0.2, 0.25) is 3.93 Å². The Labute approximate surface area is 91.0 Å². The SMILES string of the molecule is CCC[O][Sn][CH](C)CSCNC. The van der Waals surface area contributed by atoms with Crippen molar-refractivity contribution in [2.75, 3.05) is 25.3 Å². The van der Waals surface area contributed by atoms with E-state index in [1.165, 1.54) is 5.75 Å². The molecule has 0 aromatic rings. The molecular formula is C8H19NOSSn. The van der Waals surface area contributed by atoms with Gasteiger partial charge in [0.25, 0.3) is 0 Å². The number of nitrogens with one attached hydrogen (secondary N) is 1. The number of hydrogen-bond acceptors (Lipinski definition) is 3. The number of rotatable bonds is 8. The van der Waals surface area contributed by atoms with Gasteiger partial charge in [0, 0.05) is 0 Å². The minimum atomic E-state index is -0.512. The van der Waals surface area contributed by atoms with Gasteiger partial charge < -0.3 is 0 Å². The third-order valence-corrected chi connectivity index (χ3v) is 6.07. The van der Waals surface area contributed by atoms with Crippen LogP contribution in [-0.2, 0) is 3.07 Å². The van der Waals surface area contributed by atoms with Gasteiger partial charge in [0.2, 0.25) is 0 Å². The zero-order chi connectivity index (χ0) is 9.23. The van der Waals surface area contributed by atoms with Crippen molar-refractivity contribution in [1.82, 2.24) is 5.32 Å². The Balaban J connectivity index is 3.04. The second kappa shape index (κ2) is 10.2. The van der Waals surface area contributed by atoms with Gasteiger partial charge in [-0.05, 0) is 0 Å². The van der Waals surface area contributed by atoms with Crippen molar-refractivity contribution in [1.29, 1.82) is 0 Å². The van der Waals surface area contributed by atoms with Crippen molar-refractivity contribution in [3.05, 3.63) is 0 Å². The minimum absolute atomic E-state index is 0.512. The van der Waals surface area contributed by atoms with Gasteiger partial charge in [-0.25, -0.2) is 0 Å². The van der Waals surface area contributed by atoms with E-state index in [0.29, 0.717) is 0 Å². The molecule has 0 fully saturated rings. The van der Waals surface area contributed by atoms with Crippen molar-refractivity contribution in [3.8, 4) is 0 Å². The topological polar surface area (TPSA) is 21.3 Å². The molecule has 0 amide bonds. The first kappa shape index (κ1) is 13.1. The van der Waals surface area contributed by atoms with Gasteiger partial charge in [0.1, 0.15) is 0 Å². The second-order valence-corrected chi connectivity index (χ2v) is 8.08. The maximum atomic E-state index is 5.61. The van der Waals surface area contributed by atoms with Crippen LogP contribution in [0.15, 0.2) is 0 Å². The standard InChI is InChI=1S/C5H12NS.C3H7O.Sn/c1-3-4-7-5-6-2;1-2-3-4;/h3,6H,4-5H2,1-2H3;2-3H2,1H3;/q;-1;+1. The quantitative estimate of drug-likeness (QED) is 0.419. The van der Waals surface area contributed by atoms with Crippen LogP contribution < -0.4 is 5.32 Å². The first-order chi connectivity index (χ1) is 5.81.